The number of benzene rings is 2. The number of oxazole rings is 1. The molecule has 0 saturated heterocycles. The van der Waals surface area contributed by atoms with Gasteiger partial charge in [-0.2, -0.15) is 0 Å². The molecule has 0 radical (unpaired) electrons. The van der Waals surface area contributed by atoms with Crippen LogP contribution in [0.1, 0.15) is 5.69 Å². The topological polar surface area (TPSA) is 81.2 Å². The summed E-state index contributed by atoms with van der Waals surface area (Å²) >= 11 is 7.13. The minimum atomic E-state index is -0.140. The molecule has 6 nitrogen and oxygen atoms in total. The molecule has 0 fully saturated rings. The molecule has 0 bridgehead atoms. The lowest BCUT2D eigenvalue weighted by Crippen LogP contribution is -2.24. The number of carbonyl (C=O) groups is 1. The van der Waals surface area contributed by atoms with Gasteiger partial charge in [0.15, 0.2) is 11.3 Å². The standard InChI is InChI=1S/C19H14ClN3O3S/c20-13-7-5-12(6-8-13)17-9-14(23-26-17)10-21-18(24)11-27-19-22-15-3-1-2-4-16(15)25-19/h1-9H,10-11H2,(H,21,24). The number of thioether (sulfide) groups is 1. The van der Waals surface area contributed by atoms with E-state index < -0.39 is 0 Å². The summed E-state index contributed by atoms with van der Waals surface area (Å²) in [4.78, 5) is 16.4. The molecule has 0 atom stereocenters. The molecule has 0 unspecified atom stereocenters. The van der Waals surface area contributed by atoms with Gasteiger partial charge in [-0.25, -0.2) is 4.98 Å². The Morgan fingerprint density at radius 1 is 1.15 bits per heavy atom. The van der Waals surface area contributed by atoms with E-state index in [-0.39, 0.29) is 18.2 Å². The molecule has 4 aromatic rings. The fourth-order valence-corrected chi connectivity index (χ4v) is 3.22. The van der Waals surface area contributed by atoms with Gasteiger partial charge in [0.1, 0.15) is 11.2 Å². The first-order valence-corrected chi connectivity index (χ1v) is 9.50. The summed E-state index contributed by atoms with van der Waals surface area (Å²) in [5.74, 6) is 0.685. The van der Waals surface area contributed by atoms with Gasteiger partial charge in [-0.1, -0.05) is 40.7 Å². The Morgan fingerprint density at radius 2 is 1.96 bits per heavy atom. The highest BCUT2D eigenvalue weighted by molar-refractivity contribution is 7.99. The molecule has 8 heteroatoms. The third-order valence-electron chi connectivity index (χ3n) is 3.76. The second-order valence-electron chi connectivity index (χ2n) is 5.70. The summed E-state index contributed by atoms with van der Waals surface area (Å²) in [6, 6.07) is 16.5. The van der Waals surface area contributed by atoms with Crippen LogP contribution in [0.25, 0.3) is 22.4 Å². The van der Waals surface area contributed by atoms with Crippen LogP contribution in [-0.2, 0) is 11.3 Å². The van der Waals surface area contributed by atoms with Crippen molar-refractivity contribution in [2.75, 3.05) is 5.75 Å². The number of fused-ring (bicyclic) bond motifs is 1. The smallest absolute Gasteiger partial charge is 0.257 e. The maximum Gasteiger partial charge on any atom is 0.257 e. The molecule has 2 aromatic heterocycles. The lowest BCUT2D eigenvalue weighted by Gasteiger charge is -2.00. The summed E-state index contributed by atoms with van der Waals surface area (Å²) in [5.41, 5.74) is 2.99. The van der Waals surface area contributed by atoms with Crippen LogP contribution in [0.4, 0.5) is 0 Å². The number of amides is 1. The van der Waals surface area contributed by atoms with Gasteiger partial charge in [-0.05, 0) is 36.4 Å². The lowest BCUT2D eigenvalue weighted by molar-refractivity contribution is -0.118. The number of carbonyl (C=O) groups excluding carboxylic acids is 1. The first-order chi connectivity index (χ1) is 13.2. The third-order valence-corrected chi connectivity index (χ3v) is 4.84. The number of hydrogen-bond acceptors (Lipinski definition) is 6. The highest BCUT2D eigenvalue weighted by Gasteiger charge is 2.11. The molecule has 2 heterocycles. The summed E-state index contributed by atoms with van der Waals surface area (Å²) < 4.78 is 10.9. The van der Waals surface area contributed by atoms with Crippen molar-refractivity contribution in [2.24, 2.45) is 0 Å². The Bertz CT molecular complexity index is 1040. The van der Waals surface area contributed by atoms with Crippen molar-refractivity contribution in [3.8, 4) is 11.3 Å². The normalized spacial score (nSPS) is 11.0. The van der Waals surface area contributed by atoms with Crippen LogP contribution in [-0.4, -0.2) is 21.8 Å². The Hall–Kier alpha value is -2.77. The average molecular weight is 400 g/mol. The monoisotopic (exact) mass is 399 g/mol. The van der Waals surface area contributed by atoms with Crippen molar-refractivity contribution in [3.63, 3.8) is 0 Å². The van der Waals surface area contributed by atoms with Gasteiger partial charge in [-0.3, -0.25) is 4.79 Å². The van der Waals surface area contributed by atoms with E-state index >= 15 is 0 Å². The molecule has 2 aromatic carbocycles. The second kappa shape index (κ2) is 7.85. The van der Waals surface area contributed by atoms with Crippen molar-refractivity contribution in [3.05, 3.63) is 65.3 Å². The van der Waals surface area contributed by atoms with E-state index in [9.17, 15) is 4.79 Å². The first-order valence-electron chi connectivity index (χ1n) is 8.14. The van der Waals surface area contributed by atoms with Crippen LogP contribution < -0.4 is 5.32 Å². The van der Waals surface area contributed by atoms with Crippen molar-refractivity contribution >= 4 is 40.4 Å². The zero-order chi connectivity index (χ0) is 18.6. The van der Waals surface area contributed by atoms with Gasteiger partial charge >= 0.3 is 0 Å². The van der Waals surface area contributed by atoms with E-state index in [2.05, 4.69) is 15.5 Å². The van der Waals surface area contributed by atoms with E-state index in [4.69, 9.17) is 20.5 Å². The number of rotatable bonds is 6. The number of aromatic nitrogens is 2. The Kier molecular flexibility index (Phi) is 5.13. The number of para-hydroxylation sites is 2. The molecule has 1 N–H and O–H groups in total. The molecule has 0 spiro atoms. The summed E-state index contributed by atoms with van der Waals surface area (Å²) in [5, 5.41) is 7.90. The molecule has 1 amide bonds. The molecule has 27 heavy (non-hydrogen) atoms. The van der Waals surface area contributed by atoms with Gasteiger partial charge in [0.2, 0.25) is 5.91 Å². The molecular weight excluding hydrogens is 386 g/mol. The maximum atomic E-state index is 12.0. The Labute approximate surface area is 163 Å². The van der Waals surface area contributed by atoms with Crippen LogP contribution in [0.5, 0.6) is 0 Å². The number of halogens is 1. The van der Waals surface area contributed by atoms with E-state index in [0.29, 0.717) is 27.3 Å². The summed E-state index contributed by atoms with van der Waals surface area (Å²) in [7, 11) is 0. The summed E-state index contributed by atoms with van der Waals surface area (Å²) in [6.45, 7) is 0.282. The van der Waals surface area contributed by atoms with Crippen LogP contribution in [0, 0.1) is 0 Å². The van der Waals surface area contributed by atoms with Crippen LogP contribution in [0.2, 0.25) is 5.02 Å². The quantitative estimate of drug-likeness (QED) is 0.479. The van der Waals surface area contributed by atoms with Gasteiger partial charge in [0.05, 0.1) is 12.3 Å². The maximum absolute atomic E-state index is 12.0. The van der Waals surface area contributed by atoms with Crippen LogP contribution in [0.15, 0.2) is 68.8 Å². The molecule has 4 rings (SSSR count). The third kappa shape index (κ3) is 4.32. The largest absolute Gasteiger partial charge is 0.431 e. The van der Waals surface area contributed by atoms with Crippen molar-refractivity contribution < 1.29 is 13.7 Å². The van der Waals surface area contributed by atoms with Crippen molar-refractivity contribution in [1.29, 1.82) is 0 Å². The van der Waals surface area contributed by atoms with Gasteiger partial charge in [0.25, 0.3) is 5.22 Å². The molecule has 136 valence electrons. The van der Waals surface area contributed by atoms with Crippen molar-refractivity contribution in [1.82, 2.24) is 15.5 Å². The predicted octanol–water partition coefficient (Wildman–Crippen LogP) is 4.54. The minimum absolute atomic E-state index is 0.140. The van der Waals surface area contributed by atoms with Gasteiger partial charge < -0.3 is 14.3 Å². The van der Waals surface area contributed by atoms with Crippen LogP contribution in [0.3, 0.4) is 0 Å². The summed E-state index contributed by atoms with van der Waals surface area (Å²) in [6.07, 6.45) is 0. The molecule has 0 saturated carbocycles. The number of hydrogen-bond donors (Lipinski definition) is 1. The van der Waals surface area contributed by atoms with Gasteiger partial charge in [0, 0.05) is 16.7 Å². The molecular formula is C19H14ClN3O3S. The fraction of sp³-hybridized carbons (Fsp3) is 0.105. The number of nitrogens with zero attached hydrogens (tertiary/aromatic N) is 2. The van der Waals surface area contributed by atoms with Crippen LogP contribution >= 0.6 is 23.4 Å². The van der Waals surface area contributed by atoms with E-state index in [1.807, 2.05) is 36.4 Å². The second-order valence-corrected chi connectivity index (χ2v) is 7.07. The average Bonchev–Trinajstić information content (AvgIpc) is 3.32. The SMILES string of the molecule is O=C(CSc1nc2ccccc2o1)NCc1cc(-c2ccc(Cl)cc2)on1. The Balaban J connectivity index is 1.29. The molecule has 0 aliphatic rings. The number of nitrogens with one attached hydrogen (secondary N) is 1. The van der Waals surface area contributed by atoms with Crippen molar-refractivity contribution in [2.45, 2.75) is 11.8 Å². The zero-order valence-corrected chi connectivity index (χ0v) is 15.6. The van der Waals surface area contributed by atoms with E-state index in [0.717, 1.165) is 11.1 Å². The Morgan fingerprint density at radius 3 is 2.78 bits per heavy atom. The fourth-order valence-electron chi connectivity index (χ4n) is 2.43. The zero-order valence-electron chi connectivity index (χ0n) is 14.0. The molecule has 0 aliphatic carbocycles. The minimum Gasteiger partial charge on any atom is -0.431 e. The van der Waals surface area contributed by atoms with E-state index in [1.165, 1.54) is 11.8 Å². The lowest BCUT2D eigenvalue weighted by atomic mass is 10.1. The highest BCUT2D eigenvalue weighted by atomic mass is 35.5. The first kappa shape index (κ1) is 17.6. The predicted molar refractivity (Wildman–Crippen MR) is 104 cm³/mol. The highest BCUT2D eigenvalue weighted by Crippen LogP contribution is 2.24. The van der Waals surface area contributed by atoms with Gasteiger partial charge in [-0.15, -0.1) is 0 Å². The molecule has 0 aliphatic heterocycles. The van der Waals surface area contributed by atoms with E-state index in [1.54, 1.807) is 18.2 Å².